The Morgan fingerprint density at radius 3 is 3.00 bits per heavy atom. The predicted octanol–water partition coefficient (Wildman–Crippen LogP) is 1.57. The Balaban J connectivity index is 2.47. The molecule has 0 aromatic heterocycles. The van der Waals surface area contributed by atoms with E-state index in [0.29, 0.717) is 24.2 Å². The minimum atomic E-state index is -0.998. The number of hydrogen-bond acceptors (Lipinski definition) is 4. The number of aliphatic hydroxyl groups excluding tert-OH is 1. The number of fused-ring (bicyclic) bond motifs is 2. The highest BCUT2D eigenvalue weighted by Crippen LogP contribution is 2.34. The first-order valence-corrected chi connectivity index (χ1v) is 6.03. The molecule has 1 aliphatic heterocycles. The second kappa shape index (κ2) is 5.08. The van der Waals surface area contributed by atoms with Crippen molar-refractivity contribution in [1.82, 2.24) is 0 Å². The van der Waals surface area contributed by atoms with Gasteiger partial charge in [-0.15, -0.1) is 0 Å². The maximum absolute atomic E-state index is 12.0. The molecule has 2 rings (SSSR count). The lowest BCUT2D eigenvalue weighted by Crippen LogP contribution is -2.22. The van der Waals surface area contributed by atoms with Crippen LogP contribution in [0.2, 0.25) is 0 Å². The van der Waals surface area contributed by atoms with E-state index in [0.717, 1.165) is 5.76 Å². The Hall–Kier alpha value is -1.39. The molecule has 3 atom stereocenters. The standard InChI is InChI=1S/C14H18O4/c1-8-6-13-9(2)11(12(15)4-5-18-13)7-10(8)14(16)17-3/h6-7,9-10,14,16H,1,4-5H2,2-3H3. The average Bonchev–Trinajstić information content (AvgIpc) is 2.55. The highest BCUT2D eigenvalue weighted by Gasteiger charge is 2.32. The number of Topliss-reactive ketones (excluding diaryl/α,β-unsaturated/α-hetero) is 1. The van der Waals surface area contributed by atoms with Crippen molar-refractivity contribution in [3.05, 3.63) is 35.6 Å². The van der Waals surface area contributed by atoms with Gasteiger partial charge in [-0.25, -0.2) is 0 Å². The van der Waals surface area contributed by atoms with Crippen LogP contribution in [0.5, 0.6) is 0 Å². The molecule has 1 N–H and O–H groups in total. The van der Waals surface area contributed by atoms with Gasteiger partial charge in [-0.1, -0.05) is 19.6 Å². The largest absolute Gasteiger partial charge is 0.497 e. The summed E-state index contributed by atoms with van der Waals surface area (Å²) in [5.41, 5.74) is 1.37. The summed E-state index contributed by atoms with van der Waals surface area (Å²) in [4.78, 5) is 12.0. The number of ether oxygens (including phenoxy) is 2. The Morgan fingerprint density at radius 2 is 2.33 bits per heavy atom. The van der Waals surface area contributed by atoms with E-state index < -0.39 is 12.2 Å². The van der Waals surface area contributed by atoms with Crippen LogP contribution in [0.3, 0.4) is 0 Å². The molecule has 2 aliphatic rings. The third kappa shape index (κ3) is 2.26. The van der Waals surface area contributed by atoms with Gasteiger partial charge in [-0.2, -0.15) is 0 Å². The van der Waals surface area contributed by atoms with E-state index in [-0.39, 0.29) is 11.7 Å². The zero-order chi connectivity index (χ0) is 13.3. The van der Waals surface area contributed by atoms with Crippen LogP contribution in [0.15, 0.2) is 35.6 Å². The lowest BCUT2D eigenvalue weighted by molar-refractivity contribution is -0.116. The minimum absolute atomic E-state index is 0.0638. The molecular formula is C14H18O4. The van der Waals surface area contributed by atoms with Crippen LogP contribution in [0.25, 0.3) is 0 Å². The van der Waals surface area contributed by atoms with E-state index in [1.165, 1.54) is 7.11 Å². The monoisotopic (exact) mass is 250 g/mol. The Kier molecular flexibility index (Phi) is 3.68. The molecule has 0 aromatic rings. The number of hydrogen-bond donors (Lipinski definition) is 1. The number of carbonyl (C=O) groups is 1. The van der Waals surface area contributed by atoms with E-state index in [4.69, 9.17) is 9.47 Å². The molecule has 1 saturated heterocycles. The van der Waals surface area contributed by atoms with Crippen molar-refractivity contribution in [2.75, 3.05) is 13.7 Å². The lowest BCUT2D eigenvalue weighted by atomic mass is 9.92. The summed E-state index contributed by atoms with van der Waals surface area (Å²) in [6.07, 6.45) is 2.94. The second-order valence-electron chi connectivity index (χ2n) is 4.64. The maximum atomic E-state index is 12.0. The highest BCUT2D eigenvalue weighted by atomic mass is 16.6. The Bertz CT molecular complexity index is 433. The number of methoxy groups -OCH3 is 1. The van der Waals surface area contributed by atoms with E-state index in [2.05, 4.69) is 6.58 Å². The van der Waals surface area contributed by atoms with Crippen molar-refractivity contribution in [3.8, 4) is 0 Å². The van der Waals surface area contributed by atoms with Crippen LogP contribution in [0.4, 0.5) is 0 Å². The minimum Gasteiger partial charge on any atom is -0.497 e. The average molecular weight is 250 g/mol. The molecule has 0 aromatic carbocycles. The number of carbonyl (C=O) groups excluding carboxylic acids is 1. The van der Waals surface area contributed by atoms with Crippen LogP contribution in [0.1, 0.15) is 13.3 Å². The summed E-state index contributed by atoms with van der Waals surface area (Å²) in [6, 6.07) is 0. The number of rotatable bonds is 2. The molecule has 0 radical (unpaired) electrons. The van der Waals surface area contributed by atoms with Gasteiger partial charge in [-0.05, 0) is 11.6 Å². The van der Waals surface area contributed by atoms with Crippen LogP contribution in [-0.4, -0.2) is 30.9 Å². The van der Waals surface area contributed by atoms with Crippen molar-refractivity contribution in [2.24, 2.45) is 11.8 Å². The normalized spacial score (nSPS) is 29.7. The molecule has 4 heteroatoms. The molecule has 2 bridgehead atoms. The molecule has 0 saturated carbocycles. The topological polar surface area (TPSA) is 55.8 Å². The van der Waals surface area contributed by atoms with Crippen molar-refractivity contribution >= 4 is 5.78 Å². The summed E-state index contributed by atoms with van der Waals surface area (Å²) < 4.78 is 10.5. The summed E-state index contributed by atoms with van der Waals surface area (Å²) in [5.74, 6) is 0.304. The fraction of sp³-hybridized carbons (Fsp3) is 0.500. The van der Waals surface area contributed by atoms with Gasteiger partial charge < -0.3 is 14.6 Å². The molecule has 1 aliphatic carbocycles. The Morgan fingerprint density at radius 1 is 1.61 bits per heavy atom. The fourth-order valence-electron chi connectivity index (χ4n) is 2.32. The van der Waals surface area contributed by atoms with Crippen molar-refractivity contribution in [1.29, 1.82) is 0 Å². The first kappa shape index (κ1) is 13.1. The molecule has 1 heterocycles. The molecule has 0 spiro atoms. The molecule has 4 nitrogen and oxygen atoms in total. The molecule has 3 unspecified atom stereocenters. The van der Waals surface area contributed by atoms with Crippen LogP contribution in [0, 0.1) is 11.8 Å². The smallest absolute Gasteiger partial charge is 0.164 e. The third-order valence-electron chi connectivity index (χ3n) is 3.48. The number of aliphatic hydroxyl groups is 1. The van der Waals surface area contributed by atoms with Gasteiger partial charge >= 0.3 is 0 Å². The molecule has 1 fully saturated rings. The van der Waals surface area contributed by atoms with E-state index >= 15 is 0 Å². The predicted molar refractivity (Wildman–Crippen MR) is 66.6 cm³/mol. The van der Waals surface area contributed by atoms with E-state index in [9.17, 15) is 9.90 Å². The van der Waals surface area contributed by atoms with Crippen LogP contribution >= 0.6 is 0 Å². The number of allylic oxidation sites excluding steroid dienone is 2. The molecular weight excluding hydrogens is 232 g/mol. The molecule has 18 heavy (non-hydrogen) atoms. The summed E-state index contributed by atoms with van der Waals surface area (Å²) in [7, 11) is 1.43. The molecule has 98 valence electrons. The van der Waals surface area contributed by atoms with Gasteiger partial charge in [-0.3, -0.25) is 4.79 Å². The maximum Gasteiger partial charge on any atom is 0.164 e. The van der Waals surface area contributed by atoms with E-state index in [1.54, 1.807) is 12.2 Å². The van der Waals surface area contributed by atoms with Crippen LogP contribution in [-0.2, 0) is 14.3 Å². The van der Waals surface area contributed by atoms with Gasteiger partial charge in [0.1, 0.15) is 5.76 Å². The third-order valence-corrected chi connectivity index (χ3v) is 3.48. The van der Waals surface area contributed by atoms with Crippen molar-refractivity contribution < 1.29 is 19.4 Å². The SMILES string of the molecule is C=C1C=C2OCCC(=O)C(=CC1C(O)OC)C2C. The number of ketones is 1. The zero-order valence-electron chi connectivity index (χ0n) is 10.7. The van der Waals surface area contributed by atoms with E-state index in [1.807, 2.05) is 6.92 Å². The van der Waals surface area contributed by atoms with Gasteiger partial charge in [0, 0.05) is 25.0 Å². The summed E-state index contributed by atoms with van der Waals surface area (Å²) >= 11 is 0. The van der Waals surface area contributed by atoms with Gasteiger partial charge in [0.05, 0.1) is 12.5 Å². The van der Waals surface area contributed by atoms with Gasteiger partial charge in [0.2, 0.25) is 0 Å². The quantitative estimate of drug-likeness (QED) is 0.756. The molecule has 0 amide bonds. The summed E-state index contributed by atoms with van der Waals surface area (Å²) in [6.45, 7) is 6.25. The van der Waals surface area contributed by atoms with Crippen molar-refractivity contribution in [3.63, 3.8) is 0 Å². The first-order valence-electron chi connectivity index (χ1n) is 6.03. The lowest BCUT2D eigenvalue weighted by Gasteiger charge is -2.19. The van der Waals surface area contributed by atoms with Crippen molar-refractivity contribution in [2.45, 2.75) is 19.6 Å². The van der Waals surface area contributed by atoms with Gasteiger partial charge in [0.15, 0.2) is 12.1 Å². The van der Waals surface area contributed by atoms with Crippen LogP contribution < -0.4 is 0 Å². The Labute approximate surface area is 107 Å². The highest BCUT2D eigenvalue weighted by molar-refractivity contribution is 5.96. The zero-order valence-corrected chi connectivity index (χ0v) is 10.7. The first-order chi connectivity index (χ1) is 8.54. The fourth-order valence-corrected chi connectivity index (χ4v) is 2.32. The van der Waals surface area contributed by atoms with Gasteiger partial charge in [0.25, 0.3) is 0 Å². The summed E-state index contributed by atoms with van der Waals surface area (Å²) in [5, 5.41) is 9.83. The second-order valence-corrected chi connectivity index (χ2v) is 4.64.